The van der Waals surface area contributed by atoms with Crippen LogP contribution in [0.25, 0.3) is 0 Å². The Labute approximate surface area is 135 Å². The molecular weight excluding hydrogens is 300 g/mol. The van der Waals surface area contributed by atoms with Gasteiger partial charge in [0.2, 0.25) is 0 Å². The molecule has 1 N–H and O–H groups in total. The number of aromatic nitrogens is 1. The summed E-state index contributed by atoms with van der Waals surface area (Å²) in [6.07, 6.45) is 11.4. The molecule has 5 heteroatoms. The Balaban J connectivity index is 1.70. The molecule has 1 saturated carbocycles. The van der Waals surface area contributed by atoms with Crippen molar-refractivity contribution in [2.75, 3.05) is 6.54 Å². The van der Waals surface area contributed by atoms with Gasteiger partial charge in [0, 0.05) is 18.8 Å². The van der Waals surface area contributed by atoms with Crippen LogP contribution in [0.3, 0.4) is 0 Å². The third-order valence-electron chi connectivity index (χ3n) is 5.07. The number of carbonyl (C=O) groups excluding carboxylic acids is 1. The number of pyridine rings is 1. The Kier molecular flexibility index (Phi) is 4.87. The van der Waals surface area contributed by atoms with Crippen LogP contribution in [-0.4, -0.2) is 28.4 Å². The van der Waals surface area contributed by atoms with Gasteiger partial charge in [-0.15, -0.1) is 0 Å². The average molecular weight is 323 g/mol. The van der Waals surface area contributed by atoms with Crippen molar-refractivity contribution in [2.24, 2.45) is 5.92 Å². The minimum Gasteiger partial charge on any atom is -0.336 e. The Morgan fingerprint density at radius 1 is 1.23 bits per heavy atom. The normalized spacial score (nSPS) is 23.0. The van der Waals surface area contributed by atoms with E-state index in [1.807, 2.05) is 4.90 Å². The van der Waals surface area contributed by atoms with E-state index in [9.17, 15) is 9.59 Å². The van der Waals surface area contributed by atoms with Gasteiger partial charge >= 0.3 is 0 Å². The average Bonchev–Trinajstić information content (AvgIpc) is 2.98. The number of aromatic amines is 1. The molecule has 120 valence electrons. The number of hydrogen-bond acceptors (Lipinski definition) is 2. The molecule has 0 bridgehead atoms. The quantitative estimate of drug-likeness (QED) is 0.924. The van der Waals surface area contributed by atoms with Crippen LogP contribution < -0.4 is 5.56 Å². The highest BCUT2D eigenvalue weighted by Crippen LogP contribution is 2.32. The molecule has 1 aliphatic heterocycles. The second kappa shape index (κ2) is 6.86. The monoisotopic (exact) mass is 322 g/mol. The van der Waals surface area contributed by atoms with Crippen molar-refractivity contribution >= 4 is 17.5 Å². The van der Waals surface area contributed by atoms with Crippen LogP contribution in [0.2, 0.25) is 5.02 Å². The fraction of sp³-hybridized carbons (Fsp3) is 0.647. The van der Waals surface area contributed by atoms with Crippen molar-refractivity contribution in [1.29, 1.82) is 0 Å². The molecule has 1 aromatic rings. The van der Waals surface area contributed by atoms with E-state index in [4.69, 9.17) is 11.6 Å². The molecule has 1 atom stereocenters. The van der Waals surface area contributed by atoms with E-state index in [1.165, 1.54) is 44.4 Å². The lowest BCUT2D eigenvalue weighted by Crippen LogP contribution is -2.37. The first kappa shape index (κ1) is 15.6. The number of likely N-dealkylation sites (tertiary alicyclic amines) is 1. The molecule has 1 aliphatic carbocycles. The summed E-state index contributed by atoms with van der Waals surface area (Å²) in [7, 11) is 0. The van der Waals surface area contributed by atoms with Gasteiger partial charge in [0.05, 0.1) is 5.56 Å². The van der Waals surface area contributed by atoms with Crippen molar-refractivity contribution < 1.29 is 4.79 Å². The van der Waals surface area contributed by atoms with Gasteiger partial charge in [0.15, 0.2) is 0 Å². The first-order valence-electron chi connectivity index (χ1n) is 8.34. The zero-order valence-electron chi connectivity index (χ0n) is 12.8. The Bertz CT molecular complexity index is 593. The minimum atomic E-state index is -0.349. The van der Waals surface area contributed by atoms with E-state index in [2.05, 4.69) is 4.98 Å². The molecule has 0 spiro atoms. The molecule has 0 radical (unpaired) electrons. The summed E-state index contributed by atoms with van der Waals surface area (Å²) in [5, 5.41) is 0.0777. The Morgan fingerprint density at radius 2 is 2.00 bits per heavy atom. The number of hydrogen-bond donors (Lipinski definition) is 1. The van der Waals surface area contributed by atoms with Gasteiger partial charge in [-0.2, -0.15) is 0 Å². The second-order valence-electron chi connectivity index (χ2n) is 6.60. The van der Waals surface area contributed by atoms with E-state index in [1.54, 1.807) is 0 Å². The van der Waals surface area contributed by atoms with Crippen LogP contribution in [0.1, 0.15) is 61.7 Å². The van der Waals surface area contributed by atoms with Gasteiger partial charge < -0.3 is 9.88 Å². The van der Waals surface area contributed by atoms with Gasteiger partial charge in [-0.25, -0.2) is 0 Å². The summed E-state index contributed by atoms with van der Waals surface area (Å²) in [5.74, 6) is 0.766. The van der Waals surface area contributed by atoms with E-state index >= 15 is 0 Å². The van der Waals surface area contributed by atoms with Crippen LogP contribution in [0, 0.1) is 5.92 Å². The zero-order chi connectivity index (χ0) is 15.5. The molecule has 1 saturated heterocycles. The van der Waals surface area contributed by atoms with Crippen LogP contribution in [0.5, 0.6) is 0 Å². The van der Waals surface area contributed by atoms with Crippen LogP contribution >= 0.6 is 11.6 Å². The maximum atomic E-state index is 12.7. The largest absolute Gasteiger partial charge is 0.336 e. The maximum Gasteiger partial charge on any atom is 0.266 e. The predicted octanol–water partition coefficient (Wildman–Crippen LogP) is 3.60. The third-order valence-corrected chi connectivity index (χ3v) is 5.35. The van der Waals surface area contributed by atoms with Crippen molar-refractivity contribution in [3.05, 3.63) is 33.2 Å². The van der Waals surface area contributed by atoms with Crippen LogP contribution in [0.15, 0.2) is 17.1 Å². The number of H-pyrrole nitrogens is 1. The number of nitrogens with one attached hydrogen (secondary N) is 1. The highest BCUT2D eigenvalue weighted by molar-refractivity contribution is 6.30. The SMILES string of the molecule is O=C(c1c[nH]c(=O)c(Cl)c1)N1CCC[C@H]1CC1CCCCC1. The van der Waals surface area contributed by atoms with Gasteiger partial charge in [0.1, 0.15) is 5.02 Å². The van der Waals surface area contributed by atoms with Crippen molar-refractivity contribution in [3.8, 4) is 0 Å². The number of halogens is 1. The summed E-state index contributed by atoms with van der Waals surface area (Å²) in [4.78, 5) is 28.6. The summed E-state index contributed by atoms with van der Waals surface area (Å²) in [6.45, 7) is 0.812. The van der Waals surface area contributed by atoms with E-state index in [0.717, 1.165) is 31.7 Å². The third kappa shape index (κ3) is 3.37. The fourth-order valence-corrected chi connectivity index (χ4v) is 4.07. The van der Waals surface area contributed by atoms with Gasteiger partial charge in [-0.05, 0) is 31.2 Å². The Hall–Kier alpha value is -1.29. The molecule has 4 nitrogen and oxygen atoms in total. The maximum absolute atomic E-state index is 12.7. The smallest absolute Gasteiger partial charge is 0.266 e. The first-order valence-corrected chi connectivity index (χ1v) is 8.72. The molecule has 2 heterocycles. The van der Waals surface area contributed by atoms with Crippen LogP contribution in [0.4, 0.5) is 0 Å². The first-order chi connectivity index (χ1) is 10.6. The number of amides is 1. The molecule has 2 fully saturated rings. The Morgan fingerprint density at radius 3 is 2.73 bits per heavy atom. The predicted molar refractivity (Wildman–Crippen MR) is 87.3 cm³/mol. The second-order valence-corrected chi connectivity index (χ2v) is 7.01. The summed E-state index contributed by atoms with van der Waals surface area (Å²) in [6, 6.07) is 1.83. The van der Waals surface area contributed by atoms with Gasteiger partial charge in [-0.3, -0.25) is 9.59 Å². The molecule has 1 aromatic heterocycles. The molecule has 2 aliphatic rings. The summed E-state index contributed by atoms with van der Waals surface area (Å²) < 4.78 is 0. The number of nitrogens with zero attached hydrogens (tertiary/aromatic N) is 1. The van der Waals surface area contributed by atoms with Gasteiger partial charge in [0.25, 0.3) is 11.5 Å². The molecular formula is C17H23ClN2O2. The van der Waals surface area contributed by atoms with Gasteiger partial charge in [-0.1, -0.05) is 43.7 Å². The summed E-state index contributed by atoms with van der Waals surface area (Å²) >= 11 is 5.84. The van der Waals surface area contributed by atoms with Crippen molar-refractivity contribution in [1.82, 2.24) is 9.88 Å². The molecule has 22 heavy (non-hydrogen) atoms. The minimum absolute atomic E-state index is 0.00328. The number of rotatable bonds is 3. The van der Waals surface area contributed by atoms with Crippen LogP contribution in [-0.2, 0) is 0 Å². The van der Waals surface area contributed by atoms with Crippen molar-refractivity contribution in [3.63, 3.8) is 0 Å². The lowest BCUT2D eigenvalue weighted by atomic mass is 9.84. The molecule has 0 aromatic carbocycles. The van der Waals surface area contributed by atoms with Crippen molar-refractivity contribution in [2.45, 2.75) is 57.4 Å². The molecule has 3 rings (SSSR count). The van der Waals surface area contributed by atoms with E-state index in [0.29, 0.717) is 11.6 Å². The fourth-order valence-electron chi connectivity index (χ4n) is 3.90. The standard InChI is InChI=1S/C17H23ClN2O2/c18-15-10-13(11-19-16(15)21)17(22)20-8-4-7-14(20)9-12-5-2-1-3-6-12/h10-12,14H,1-9H2,(H,19,21)/t14-/m0/s1. The zero-order valence-corrected chi connectivity index (χ0v) is 13.6. The van der Waals surface area contributed by atoms with E-state index < -0.39 is 0 Å². The number of carbonyl (C=O) groups is 1. The van der Waals surface area contributed by atoms with E-state index in [-0.39, 0.29) is 16.5 Å². The highest BCUT2D eigenvalue weighted by atomic mass is 35.5. The topological polar surface area (TPSA) is 53.2 Å². The molecule has 1 amide bonds. The molecule has 0 unspecified atom stereocenters. The highest BCUT2D eigenvalue weighted by Gasteiger charge is 2.31. The summed E-state index contributed by atoms with van der Waals surface area (Å²) in [5.41, 5.74) is 0.138. The lowest BCUT2D eigenvalue weighted by Gasteiger charge is -2.30. The lowest BCUT2D eigenvalue weighted by molar-refractivity contribution is 0.0711.